The lowest BCUT2D eigenvalue weighted by atomic mass is 9.70. The molecule has 1 saturated carbocycles. The molecule has 1 fully saturated rings. The van der Waals surface area contributed by atoms with Crippen LogP contribution >= 0.6 is 0 Å². The van der Waals surface area contributed by atoms with Crippen LogP contribution in [0.1, 0.15) is 42.7 Å². The molecule has 3 N–H and O–H groups in total. The molecule has 5 heteroatoms. The van der Waals surface area contributed by atoms with Gasteiger partial charge < -0.3 is 15.6 Å². The van der Waals surface area contributed by atoms with Gasteiger partial charge >= 0.3 is 11.9 Å². The number of esters is 1. The topological polar surface area (TPSA) is 89.6 Å². The molecule has 0 aliphatic heterocycles. The summed E-state index contributed by atoms with van der Waals surface area (Å²) in [5, 5.41) is 9.79. The molecule has 2 aromatic rings. The monoisotopic (exact) mass is 379 g/mol. The number of rotatable bonds is 5. The summed E-state index contributed by atoms with van der Waals surface area (Å²) in [7, 11) is 0. The third-order valence-corrected chi connectivity index (χ3v) is 6.44. The molecule has 0 aromatic heterocycles. The number of carbonyl (C=O) groups is 2. The lowest BCUT2D eigenvalue weighted by Gasteiger charge is -2.34. The van der Waals surface area contributed by atoms with Crippen molar-refractivity contribution >= 4 is 11.9 Å². The van der Waals surface area contributed by atoms with E-state index in [4.69, 9.17) is 10.5 Å². The van der Waals surface area contributed by atoms with Gasteiger partial charge in [-0.15, -0.1) is 0 Å². The zero-order valence-corrected chi connectivity index (χ0v) is 15.8. The minimum atomic E-state index is -1.44. The predicted octanol–water partition coefficient (Wildman–Crippen LogP) is 3.56. The molecule has 5 nitrogen and oxygen atoms in total. The van der Waals surface area contributed by atoms with Crippen molar-refractivity contribution in [2.75, 3.05) is 13.2 Å². The highest BCUT2D eigenvalue weighted by atomic mass is 16.5. The number of carboxylic acids is 1. The van der Waals surface area contributed by atoms with Crippen molar-refractivity contribution in [2.45, 2.75) is 31.6 Å². The van der Waals surface area contributed by atoms with Gasteiger partial charge in [0.2, 0.25) is 0 Å². The minimum absolute atomic E-state index is 0.0671. The van der Waals surface area contributed by atoms with Crippen molar-refractivity contribution in [3.05, 3.63) is 59.7 Å². The van der Waals surface area contributed by atoms with E-state index in [1.54, 1.807) is 0 Å². The van der Waals surface area contributed by atoms with E-state index in [0.717, 1.165) is 22.3 Å². The third kappa shape index (κ3) is 3.00. The Bertz CT molecular complexity index is 853. The fourth-order valence-corrected chi connectivity index (χ4v) is 4.65. The average Bonchev–Trinajstić information content (AvgIpc) is 3.05. The highest BCUT2D eigenvalue weighted by molar-refractivity contribution is 5.99. The van der Waals surface area contributed by atoms with Gasteiger partial charge in [-0.25, -0.2) is 0 Å². The first-order valence-corrected chi connectivity index (χ1v) is 9.86. The van der Waals surface area contributed by atoms with Gasteiger partial charge in [0.25, 0.3) is 0 Å². The number of carbonyl (C=O) groups excluding carboxylic acids is 1. The molecule has 2 aromatic carbocycles. The second kappa shape index (κ2) is 7.40. The van der Waals surface area contributed by atoms with E-state index in [1.165, 1.54) is 0 Å². The first kappa shape index (κ1) is 18.7. The Morgan fingerprint density at radius 1 is 1.00 bits per heavy atom. The Kier molecular flexibility index (Phi) is 4.94. The Morgan fingerprint density at radius 2 is 1.54 bits per heavy atom. The second-order valence-electron chi connectivity index (χ2n) is 7.89. The molecule has 0 amide bonds. The molecule has 0 bridgehead atoms. The Balaban J connectivity index is 1.54. The molecule has 0 saturated heterocycles. The van der Waals surface area contributed by atoms with E-state index in [9.17, 15) is 14.7 Å². The highest BCUT2D eigenvalue weighted by Crippen LogP contribution is 2.45. The molecule has 0 heterocycles. The Hall–Kier alpha value is -2.66. The maximum Gasteiger partial charge on any atom is 0.323 e. The van der Waals surface area contributed by atoms with Crippen molar-refractivity contribution in [2.24, 2.45) is 17.1 Å². The molecule has 0 unspecified atom stereocenters. The van der Waals surface area contributed by atoms with Crippen LogP contribution in [0.5, 0.6) is 0 Å². The largest absolute Gasteiger partial charge is 0.480 e. The van der Waals surface area contributed by atoms with Crippen LogP contribution in [0.3, 0.4) is 0 Å². The maximum atomic E-state index is 12.9. The summed E-state index contributed by atoms with van der Waals surface area (Å²) in [6.45, 7) is 0.683. The van der Waals surface area contributed by atoms with Crippen LogP contribution < -0.4 is 5.73 Å². The number of fused-ring (bicyclic) bond motifs is 3. The minimum Gasteiger partial charge on any atom is -0.480 e. The first-order valence-electron chi connectivity index (χ1n) is 9.86. The highest BCUT2D eigenvalue weighted by Gasteiger charge is 2.50. The van der Waals surface area contributed by atoms with Gasteiger partial charge in [-0.2, -0.15) is 0 Å². The average molecular weight is 379 g/mol. The number of benzene rings is 2. The molecular weight excluding hydrogens is 354 g/mol. The summed E-state index contributed by atoms with van der Waals surface area (Å²) in [6, 6.07) is 16.2. The molecule has 0 radical (unpaired) electrons. The zero-order chi connectivity index (χ0) is 19.7. The first-order chi connectivity index (χ1) is 13.6. The molecule has 0 atom stereocenters. The quantitative estimate of drug-likeness (QED) is 0.612. The summed E-state index contributed by atoms with van der Waals surface area (Å²) in [4.78, 5) is 24.9. The number of hydrogen-bond donors (Lipinski definition) is 2. The summed E-state index contributed by atoms with van der Waals surface area (Å²) in [5.74, 6) is -1.48. The van der Waals surface area contributed by atoms with Gasteiger partial charge in [-0.1, -0.05) is 48.5 Å². The maximum absolute atomic E-state index is 12.9. The molecule has 0 spiro atoms. The van der Waals surface area contributed by atoms with Crippen molar-refractivity contribution in [1.29, 1.82) is 0 Å². The summed E-state index contributed by atoms with van der Waals surface area (Å²) < 4.78 is 5.66. The fraction of sp³-hybridized carbons (Fsp3) is 0.391. The van der Waals surface area contributed by atoms with Crippen molar-refractivity contribution in [1.82, 2.24) is 0 Å². The number of aliphatic carboxylic acids is 1. The third-order valence-electron chi connectivity index (χ3n) is 6.44. The molecule has 2 aliphatic carbocycles. The van der Waals surface area contributed by atoms with Crippen LogP contribution in [0.25, 0.3) is 11.1 Å². The molecular formula is C23H25NO4. The lowest BCUT2D eigenvalue weighted by Crippen LogP contribution is -2.44. The zero-order valence-electron chi connectivity index (χ0n) is 15.8. The molecule has 4 rings (SSSR count). The van der Waals surface area contributed by atoms with Crippen LogP contribution in [0.2, 0.25) is 0 Å². The van der Waals surface area contributed by atoms with Crippen LogP contribution in [0, 0.1) is 11.3 Å². The van der Waals surface area contributed by atoms with Crippen LogP contribution in [0.4, 0.5) is 0 Å². The lowest BCUT2D eigenvalue weighted by molar-refractivity contribution is -0.172. The van der Waals surface area contributed by atoms with Gasteiger partial charge in [0.05, 0.1) is 0 Å². The normalized spacial score (nSPS) is 23.7. The Labute approximate surface area is 164 Å². The number of nitrogens with two attached hydrogens (primary N) is 1. The van der Waals surface area contributed by atoms with Crippen LogP contribution in [0.15, 0.2) is 48.5 Å². The molecule has 2 aliphatic rings. The smallest absolute Gasteiger partial charge is 0.323 e. The van der Waals surface area contributed by atoms with Crippen LogP contribution in [-0.2, 0) is 14.3 Å². The number of carboxylic acid groups (broad SMARTS) is 1. The van der Waals surface area contributed by atoms with E-state index in [0.29, 0.717) is 32.2 Å². The van der Waals surface area contributed by atoms with E-state index in [-0.39, 0.29) is 18.4 Å². The van der Waals surface area contributed by atoms with E-state index < -0.39 is 17.4 Å². The van der Waals surface area contributed by atoms with Gasteiger partial charge in [0.15, 0.2) is 5.41 Å². The van der Waals surface area contributed by atoms with Crippen LogP contribution in [-0.4, -0.2) is 30.2 Å². The SMILES string of the molecule is NCC1CCC(C(=O)O)(C(=O)OCC2c3ccccc3-c3ccccc32)CC1. The second-order valence-corrected chi connectivity index (χ2v) is 7.89. The van der Waals surface area contributed by atoms with Gasteiger partial charge in [-0.05, 0) is 60.4 Å². The van der Waals surface area contributed by atoms with Crippen molar-refractivity contribution in [3.8, 4) is 11.1 Å². The van der Waals surface area contributed by atoms with Crippen molar-refractivity contribution < 1.29 is 19.4 Å². The molecule has 146 valence electrons. The Morgan fingerprint density at radius 3 is 2.04 bits per heavy atom. The van der Waals surface area contributed by atoms with E-state index in [2.05, 4.69) is 12.1 Å². The number of ether oxygens (including phenoxy) is 1. The standard InChI is InChI=1S/C23H25NO4/c24-13-15-9-11-23(12-10-15,21(25)26)22(27)28-14-20-18-7-3-1-5-16(18)17-6-2-4-8-19(17)20/h1-8,15,20H,9-14,24H2,(H,25,26). The molecule has 28 heavy (non-hydrogen) atoms. The van der Waals surface area contributed by atoms with Crippen molar-refractivity contribution in [3.63, 3.8) is 0 Å². The summed E-state index contributed by atoms with van der Waals surface area (Å²) in [5.41, 5.74) is 8.80. The van der Waals surface area contributed by atoms with Gasteiger partial charge in [0, 0.05) is 5.92 Å². The predicted molar refractivity (Wildman–Crippen MR) is 106 cm³/mol. The van der Waals surface area contributed by atoms with Gasteiger partial charge in [-0.3, -0.25) is 9.59 Å². The van der Waals surface area contributed by atoms with E-state index >= 15 is 0 Å². The van der Waals surface area contributed by atoms with E-state index in [1.807, 2.05) is 36.4 Å². The summed E-state index contributed by atoms with van der Waals surface area (Å²) >= 11 is 0. The van der Waals surface area contributed by atoms with Gasteiger partial charge in [0.1, 0.15) is 6.61 Å². The fourth-order valence-electron chi connectivity index (χ4n) is 4.65. The summed E-state index contributed by atoms with van der Waals surface area (Å²) in [6.07, 6.45) is 1.88. The number of hydrogen-bond acceptors (Lipinski definition) is 4.